The summed E-state index contributed by atoms with van der Waals surface area (Å²) in [6, 6.07) is 11.3. The van der Waals surface area contributed by atoms with Crippen LogP contribution < -0.4 is 20.3 Å². The first-order valence-corrected chi connectivity index (χ1v) is 11.6. The number of rotatable bonds is 12. The first-order chi connectivity index (χ1) is 17.5. The molecule has 1 aromatic heterocycles. The van der Waals surface area contributed by atoms with Crippen LogP contribution in [0.25, 0.3) is 10.9 Å². The van der Waals surface area contributed by atoms with Crippen molar-refractivity contribution in [2.24, 2.45) is 0 Å². The molecule has 9 nitrogen and oxygen atoms in total. The Bertz CT molecular complexity index is 1180. The molecule has 1 heterocycles. The van der Waals surface area contributed by atoms with Crippen LogP contribution in [0, 0.1) is 12.3 Å². The summed E-state index contributed by atoms with van der Waals surface area (Å²) in [5, 5.41) is 4.14. The molecule has 0 aliphatic heterocycles. The summed E-state index contributed by atoms with van der Waals surface area (Å²) >= 11 is 0. The number of terminal acetylenes is 1. The monoisotopic (exact) mass is 492 g/mol. The van der Waals surface area contributed by atoms with Crippen molar-refractivity contribution in [3.05, 3.63) is 48.3 Å². The second kappa shape index (κ2) is 15.7. The van der Waals surface area contributed by atoms with Crippen molar-refractivity contribution in [1.29, 1.82) is 0 Å². The van der Waals surface area contributed by atoms with Crippen LogP contribution >= 0.6 is 0 Å². The molecule has 0 atom stereocenters. The van der Waals surface area contributed by atoms with E-state index in [1.54, 1.807) is 7.11 Å². The molecule has 0 aliphatic carbocycles. The van der Waals surface area contributed by atoms with Crippen molar-refractivity contribution < 1.29 is 23.9 Å². The Morgan fingerprint density at radius 1 is 1.11 bits per heavy atom. The SMILES string of the molecule is C#Cc1cccc(Nc2ncnc3cc(OC)c(OCCCCCCC=O)cc23)c1.CNOC(C)=O. The third-order valence-corrected chi connectivity index (χ3v) is 4.93. The zero-order chi connectivity index (χ0) is 26.2. The molecular formula is C27H32N4O5. The topological polar surface area (TPSA) is 112 Å². The van der Waals surface area contributed by atoms with Crippen LogP contribution in [-0.2, 0) is 14.4 Å². The number of aromatic nitrogens is 2. The van der Waals surface area contributed by atoms with E-state index in [2.05, 4.69) is 31.5 Å². The van der Waals surface area contributed by atoms with Crippen molar-refractivity contribution in [1.82, 2.24) is 15.4 Å². The smallest absolute Gasteiger partial charge is 0.321 e. The molecule has 36 heavy (non-hydrogen) atoms. The molecule has 3 aromatic rings. The minimum Gasteiger partial charge on any atom is -0.493 e. The highest BCUT2D eigenvalue weighted by atomic mass is 16.7. The predicted octanol–water partition coefficient (Wildman–Crippen LogP) is 4.58. The van der Waals surface area contributed by atoms with Gasteiger partial charge in [0, 0.05) is 43.1 Å². The van der Waals surface area contributed by atoms with Crippen LogP contribution in [-0.4, -0.2) is 43.0 Å². The second-order valence-corrected chi connectivity index (χ2v) is 7.61. The largest absolute Gasteiger partial charge is 0.493 e. The van der Waals surface area contributed by atoms with Crippen LogP contribution in [0.2, 0.25) is 0 Å². The Morgan fingerprint density at radius 2 is 1.92 bits per heavy atom. The molecule has 3 rings (SSSR count). The minimum absolute atomic E-state index is 0.322. The van der Waals surface area contributed by atoms with Crippen LogP contribution in [0.3, 0.4) is 0 Å². The van der Waals surface area contributed by atoms with Gasteiger partial charge in [-0.3, -0.25) is 4.79 Å². The van der Waals surface area contributed by atoms with E-state index >= 15 is 0 Å². The summed E-state index contributed by atoms with van der Waals surface area (Å²) in [5.74, 6) is 4.25. The molecule has 0 fully saturated rings. The van der Waals surface area contributed by atoms with Crippen molar-refractivity contribution in [2.45, 2.75) is 39.0 Å². The van der Waals surface area contributed by atoms with Gasteiger partial charge in [-0.15, -0.1) is 6.42 Å². The maximum atomic E-state index is 10.4. The summed E-state index contributed by atoms with van der Waals surface area (Å²) in [5.41, 5.74) is 4.60. The fraction of sp³-hybridized carbons (Fsp3) is 0.333. The maximum absolute atomic E-state index is 10.4. The molecule has 0 saturated carbocycles. The number of unbranched alkanes of at least 4 members (excludes halogenated alkanes) is 4. The molecule has 0 aliphatic rings. The van der Waals surface area contributed by atoms with E-state index in [0.717, 1.165) is 54.1 Å². The number of hydroxylamine groups is 1. The molecule has 2 aromatic carbocycles. The molecule has 0 radical (unpaired) electrons. The number of benzene rings is 2. The summed E-state index contributed by atoms with van der Waals surface area (Å²) in [7, 11) is 3.14. The summed E-state index contributed by atoms with van der Waals surface area (Å²) in [6.45, 7) is 1.90. The Balaban J connectivity index is 0.000000678. The Labute approximate surface area is 211 Å². The highest BCUT2D eigenvalue weighted by Crippen LogP contribution is 2.35. The van der Waals surface area contributed by atoms with Crippen molar-refractivity contribution in [3.63, 3.8) is 0 Å². The van der Waals surface area contributed by atoms with Gasteiger partial charge in [0.1, 0.15) is 18.4 Å². The highest BCUT2D eigenvalue weighted by Gasteiger charge is 2.12. The van der Waals surface area contributed by atoms with Gasteiger partial charge in [0.2, 0.25) is 0 Å². The number of fused-ring (bicyclic) bond motifs is 1. The standard InChI is InChI=1S/C24H25N3O3.C3H7NO2/c1-3-18-10-9-11-19(14-18)27-24-20-15-23(30-13-8-6-4-5-7-12-28)22(29-2)16-21(20)25-17-26-24;1-3(5)6-4-2/h1,9-12,14-17H,4-8,13H2,2H3,(H,25,26,27);4H,1-2H3. The number of aldehydes is 1. The van der Waals surface area contributed by atoms with Gasteiger partial charge >= 0.3 is 5.97 Å². The molecule has 0 saturated heterocycles. The van der Waals surface area contributed by atoms with Crippen LogP contribution in [0.4, 0.5) is 11.5 Å². The maximum Gasteiger partial charge on any atom is 0.321 e. The van der Waals surface area contributed by atoms with Gasteiger partial charge in [-0.1, -0.05) is 24.8 Å². The average molecular weight is 493 g/mol. The highest BCUT2D eigenvalue weighted by molar-refractivity contribution is 5.93. The number of methoxy groups -OCH3 is 1. The van der Waals surface area contributed by atoms with Gasteiger partial charge in [0.05, 0.1) is 19.2 Å². The third kappa shape index (κ3) is 9.24. The number of hydrogen-bond donors (Lipinski definition) is 2. The van der Waals surface area contributed by atoms with Crippen molar-refractivity contribution in [3.8, 4) is 23.8 Å². The lowest BCUT2D eigenvalue weighted by Gasteiger charge is -2.14. The molecular weight excluding hydrogens is 460 g/mol. The summed E-state index contributed by atoms with van der Waals surface area (Å²) in [4.78, 5) is 33.0. The van der Waals surface area contributed by atoms with E-state index < -0.39 is 0 Å². The molecule has 0 unspecified atom stereocenters. The number of hydrogen-bond acceptors (Lipinski definition) is 9. The van der Waals surface area contributed by atoms with Crippen molar-refractivity contribution in [2.75, 3.05) is 26.1 Å². The van der Waals surface area contributed by atoms with Gasteiger partial charge in [0.15, 0.2) is 11.5 Å². The van der Waals surface area contributed by atoms with E-state index in [1.807, 2.05) is 36.4 Å². The molecule has 0 bridgehead atoms. The molecule has 0 amide bonds. The summed E-state index contributed by atoms with van der Waals surface area (Å²) < 4.78 is 11.5. The Hall–Kier alpha value is -4.16. The third-order valence-electron chi connectivity index (χ3n) is 4.93. The van der Waals surface area contributed by atoms with Gasteiger partial charge in [-0.05, 0) is 37.1 Å². The quantitative estimate of drug-likeness (QED) is 0.162. The lowest BCUT2D eigenvalue weighted by atomic mass is 10.1. The van der Waals surface area contributed by atoms with E-state index in [1.165, 1.54) is 20.3 Å². The fourth-order valence-corrected chi connectivity index (χ4v) is 3.27. The average Bonchev–Trinajstić information content (AvgIpc) is 2.88. The van der Waals surface area contributed by atoms with Gasteiger partial charge in [-0.2, -0.15) is 5.48 Å². The number of carbonyl (C=O) groups is 2. The summed E-state index contributed by atoms with van der Waals surface area (Å²) in [6.07, 6.45) is 12.5. The first kappa shape index (κ1) is 28.1. The van der Waals surface area contributed by atoms with Gasteiger partial charge in [-0.25, -0.2) is 9.97 Å². The zero-order valence-corrected chi connectivity index (χ0v) is 20.9. The molecule has 0 spiro atoms. The predicted molar refractivity (Wildman–Crippen MR) is 139 cm³/mol. The molecule has 190 valence electrons. The Kier molecular flexibility index (Phi) is 12.2. The number of nitrogens with one attached hydrogen (secondary N) is 2. The number of anilines is 2. The van der Waals surface area contributed by atoms with Crippen LogP contribution in [0.1, 0.15) is 44.6 Å². The normalized spacial score (nSPS) is 9.94. The Morgan fingerprint density at radius 3 is 2.58 bits per heavy atom. The number of nitrogens with zero attached hydrogens (tertiary/aromatic N) is 2. The van der Waals surface area contributed by atoms with Crippen LogP contribution in [0.15, 0.2) is 42.7 Å². The zero-order valence-electron chi connectivity index (χ0n) is 20.9. The van der Waals surface area contributed by atoms with E-state index in [9.17, 15) is 9.59 Å². The van der Waals surface area contributed by atoms with E-state index in [4.69, 9.17) is 15.9 Å². The number of ether oxygens (including phenoxy) is 2. The van der Waals surface area contributed by atoms with E-state index in [-0.39, 0.29) is 5.97 Å². The van der Waals surface area contributed by atoms with Gasteiger partial charge < -0.3 is 24.4 Å². The number of carbonyl (C=O) groups excluding carboxylic acids is 2. The fourth-order valence-electron chi connectivity index (χ4n) is 3.27. The van der Waals surface area contributed by atoms with E-state index in [0.29, 0.717) is 30.3 Å². The lowest BCUT2D eigenvalue weighted by Crippen LogP contribution is -2.10. The molecule has 9 heteroatoms. The van der Waals surface area contributed by atoms with Crippen LogP contribution in [0.5, 0.6) is 11.5 Å². The lowest BCUT2D eigenvalue weighted by molar-refractivity contribution is -0.147. The minimum atomic E-state index is -0.322. The molecule has 2 N–H and O–H groups in total. The first-order valence-electron chi connectivity index (χ1n) is 11.6. The van der Waals surface area contributed by atoms with Gasteiger partial charge in [0.25, 0.3) is 0 Å². The van der Waals surface area contributed by atoms with Crippen molar-refractivity contribution >= 4 is 34.7 Å². The second-order valence-electron chi connectivity index (χ2n) is 7.61.